The number of carbonyl (C=O) groups is 1. The summed E-state index contributed by atoms with van der Waals surface area (Å²) in [6.07, 6.45) is 0. The number of hydrogen-bond acceptors (Lipinski definition) is 3. The molecule has 0 spiro atoms. The molecule has 0 aromatic heterocycles. The Hall–Kier alpha value is -1.71. The van der Waals surface area contributed by atoms with Crippen LogP contribution in [0.3, 0.4) is 0 Å². The van der Waals surface area contributed by atoms with Crippen molar-refractivity contribution in [3.8, 4) is 0 Å². The first kappa shape index (κ1) is 9.38. The average molecular weight is 179 g/mol. The highest BCUT2D eigenvalue weighted by Gasteiger charge is 1.98. The largest absolute Gasteiger partial charge is 0.399 e. The minimum atomic E-state index is -0.378. The molecule has 0 radical (unpaired) electrons. The molecule has 0 aliphatic carbocycles. The monoisotopic (exact) mass is 179 g/mol. The standard InChI is InChI=1S/C9H13N3O/c1-6-4-7(10)2-3-8(6)12-5-9(11)13/h2-4,12H,5,10H2,1H3,(H2,11,13). The summed E-state index contributed by atoms with van der Waals surface area (Å²) >= 11 is 0. The molecule has 0 unspecified atom stereocenters. The van der Waals surface area contributed by atoms with Crippen molar-refractivity contribution in [2.24, 2.45) is 5.73 Å². The van der Waals surface area contributed by atoms with Crippen LogP contribution in [-0.2, 0) is 4.79 Å². The summed E-state index contributed by atoms with van der Waals surface area (Å²) in [7, 11) is 0. The van der Waals surface area contributed by atoms with Gasteiger partial charge < -0.3 is 16.8 Å². The second kappa shape index (κ2) is 3.80. The maximum absolute atomic E-state index is 10.5. The summed E-state index contributed by atoms with van der Waals surface area (Å²) in [4.78, 5) is 10.5. The quantitative estimate of drug-likeness (QED) is 0.590. The first-order valence-corrected chi connectivity index (χ1v) is 3.98. The first-order valence-electron chi connectivity index (χ1n) is 3.98. The number of amides is 1. The van der Waals surface area contributed by atoms with Gasteiger partial charge in [0.2, 0.25) is 5.91 Å². The van der Waals surface area contributed by atoms with Crippen LogP contribution >= 0.6 is 0 Å². The van der Waals surface area contributed by atoms with Crippen LogP contribution in [0.25, 0.3) is 0 Å². The lowest BCUT2D eigenvalue weighted by atomic mass is 10.2. The van der Waals surface area contributed by atoms with Crippen LogP contribution in [0.1, 0.15) is 5.56 Å². The van der Waals surface area contributed by atoms with E-state index < -0.39 is 0 Å². The van der Waals surface area contributed by atoms with Crippen molar-refractivity contribution in [3.05, 3.63) is 23.8 Å². The lowest BCUT2D eigenvalue weighted by molar-refractivity contribution is -0.116. The molecule has 0 fully saturated rings. The normalized spacial score (nSPS) is 9.62. The van der Waals surface area contributed by atoms with E-state index in [4.69, 9.17) is 11.5 Å². The third kappa shape index (κ3) is 2.66. The zero-order chi connectivity index (χ0) is 9.84. The molecule has 0 atom stereocenters. The van der Waals surface area contributed by atoms with Gasteiger partial charge >= 0.3 is 0 Å². The molecule has 0 saturated carbocycles. The number of aryl methyl sites for hydroxylation is 1. The van der Waals surface area contributed by atoms with E-state index in [0.717, 1.165) is 11.3 Å². The Morgan fingerprint density at radius 2 is 2.23 bits per heavy atom. The van der Waals surface area contributed by atoms with E-state index in [-0.39, 0.29) is 12.5 Å². The van der Waals surface area contributed by atoms with Crippen molar-refractivity contribution in [1.82, 2.24) is 0 Å². The van der Waals surface area contributed by atoms with E-state index >= 15 is 0 Å². The van der Waals surface area contributed by atoms with Gasteiger partial charge in [0.1, 0.15) is 0 Å². The van der Waals surface area contributed by atoms with Gasteiger partial charge in [-0.05, 0) is 30.7 Å². The SMILES string of the molecule is Cc1cc(N)ccc1NCC(N)=O. The molecule has 1 aromatic rings. The zero-order valence-electron chi connectivity index (χ0n) is 7.50. The summed E-state index contributed by atoms with van der Waals surface area (Å²) in [5.74, 6) is -0.378. The average Bonchev–Trinajstić information content (AvgIpc) is 2.02. The van der Waals surface area contributed by atoms with Gasteiger partial charge in [0.25, 0.3) is 0 Å². The van der Waals surface area contributed by atoms with Crippen LogP contribution in [0.2, 0.25) is 0 Å². The smallest absolute Gasteiger partial charge is 0.236 e. The highest BCUT2D eigenvalue weighted by atomic mass is 16.1. The van der Waals surface area contributed by atoms with Crippen LogP contribution in [0.15, 0.2) is 18.2 Å². The van der Waals surface area contributed by atoms with Crippen molar-refractivity contribution in [3.63, 3.8) is 0 Å². The van der Waals surface area contributed by atoms with E-state index in [1.165, 1.54) is 0 Å². The molecule has 0 saturated heterocycles. The summed E-state index contributed by atoms with van der Waals surface area (Å²) < 4.78 is 0. The van der Waals surface area contributed by atoms with E-state index in [2.05, 4.69) is 5.32 Å². The summed E-state index contributed by atoms with van der Waals surface area (Å²) in [6.45, 7) is 2.06. The number of anilines is 2. The number of nitrogens with one attached hydrogen (secondary N) is 1. The number of primary amides is 1. The molecule has 0 aliphatic rings. The van der Waals surface area contributed by atoms with Crippen molar-refractivity contribution < 1.29 is 4.79 Å². The molecule has 70 valence electrons. The fourth-order valence-electron chi connectivity index (χ4n) is 1.07. The molecule has 0 bridgehead atoms. The van der Waals surface area contributed by atoms with E-state index in [1.807, 2.05) is 19.1 Å². The van der Waals surface area contributed by atoms with Crippen molar-refractivity contribution in [1.29, 1.82) is 0 Å². The highest BCUT2D eigenvalue weighted by Crippen LogP contribution is 2.16. The lowest BCUT2D eigenvalue weighted by Crippen LogP contribution is -2.22. The first-order chi connectivity index (χ1) is 6.09. The Morgan fingerprint density at radius 1 is 1.54 bits per heavy atom. The topological polar surface area (TPSA) is 81.1 Å². The van der Waals surface area contributed by atoms with Crippen molar-refractivity contribution in [2.75, 3.05) is 17.6 Å². The third-order valence-corrected chi connectivity index (χ3v) is 1.70. The van der Waals surface area contributed by atoms with Gasteiger partial charge in [0, 0.05) is 11.4 Å². The second-order valence-electron chi connectivity index (χ2n) is 2.89. The molecule has 0 heterocycles. The molecular formula is C9H13N3O. The van der Waals surface area contributed by atoms with Gasteiger partial charge in [-0.15, -0.1) is 0 Å². The predicted octanol–water partition coefficient (Wildman–Crippen LogP) is 0.474. The number of hydrogen-bond donors (Lipinski definition) is 3. The molecular weight excluding hydrogens is 166 g/mol. The Balaban J connectivity index is 2.72. The van der Waals surface area contributed by atoms with Gasteiger partial charge in [-0.1, -0.05) is 0 Å². The maximum Gasteiger partial charge on any atom is 0.236 e. The second-order valence-corrected chi connectivity index (χ2v) is 2.89. The van der Waals surface area contributed by atoms with Gasteiger partial charge in [-0.2, -0.15) is 0 Å². The van der Waals surface area contributed by atoms with Crippen LogP contribution in [0.4, 0.5) is 11.4 Å². The third-order valence-electron chi connectivity index (χ3n) is 1.70. The van der Waals surface area contributed by atoms with Gasteiger partial charge in [-0.25, -0.2) is 0 Å². The fraction of sp³-hybridized carbons (Fsp3) is 0.222. The maximum atomic E-state index is 10.5. The predicted molar refractivity (Wildman–Crippen MR) is 53.3 cm³/mol. The zero-order valence-corrected chi connectivity index (χ0v) is 7.50. The molecule has 13 heavy (non-hydrogen) atoms. The van der Waals surface area contributed by atoms with Crippen LogP contribution < -0.4 is 16.8 Å². The molecule has 4 nitrogen and oxygen atoms in total. The highest BCUT2D eigenvalue weighted by molar-refractivity contribution is 5.79. The Kier molecular flexibility index (Phi) is 2.74. The van der Waals surface area contributed by atoms with Crippen LogP contribution in [0, 0.1) is 6.92 Å². The lowest BCUT2D eigenvalue weighted by Gasteiger charge is -2.07. The molecule has 1 aromatic carbocycles. The van der Waals surface area contributed by atoms with E-state index in [9.17, 15) is 4.79 Å². The Labute approximate surface area is 76.9 Å². The summed E-state index contributed by atoms with van der Waals surface area (Å²) in [5, 5.41) is 2.91. The van der Waals surface area contributed by atoms with Gasteiger partial charge in [0.05, 0.1) is 6.54 Å². The number of benzene rings is 1. The van der Waals surface area contributed by atoms with Gasteiger partial charge in [-0.3, -0.25) is 4.79 Å². The van der Waals surface area contributed by atoms with E-state index in [1.54, 1.807) is 6.07 Å². The van der Waals surface area contributed by atoms with E-state index in [0.29, 0.717) is 5.69 Å². The van der Waals surface area contributed by atoms with Crippen molar-refractivity contribution in [2.45, 2.75) is 6.92 Å². The molecule has 1 rings (SSSR count). The fourth-order valence-corrected chi connectivity index (χ4v) is 1.07. The molecule has 1 amide bonds. The van der Waals surface area contributed by atoms with Crippen LogP contribution in [0.5, 0.6) is 0 Å². The van der Waals surface area contributed by atoms with Crippen molar-refractivity contribution >= 4 is 17.3 Å². The molecule has 5 N–H and O–H groups in total. The van der Waals surface area contributed by atoms with Gasteiger partial charge in [0.15, 0.2) is 0 Å². The molecule has 0 aliphatic heterocycles. The molecule has 4 heteroatoms. The summed E-state index contributed by atoms with van der Waals surface area (Å²) in [5.41, 5.74) is 13.2. The number of nitrogen functional groups attached to an aromatic ring is 1. The number of nitrogens with two attached hydrogens (primary N) is 2. The Morgan fingerprint density at radius 3 is 2.77 bits per heavy atom. The van der Waals surface area contributed by atoms with Crippen LogP contribution in [-0.4, -0.2) is 12.5 Å². The number of carbonyl (C=O) groups excluding carboxylic acids is 1. The minimum Gasteiger partial charge on any atom is -0.399 e. The Bertz CT molecular complexity index is 323. The minimum absolute atomic E-state index is 0.144. The summed E-state index contributed by atoms with van der Waals surface area (Å²) in [6, 6.07) is 5.44. The number of rotatable bonds is 3.